The fourth-order valence-corrected chi connectivity index (χ4v) is 2.32. The van der Waals surface area contributed by atoms with E-state index in [1.165, 1.54) is 12.1 Å². The fraction of sp³-hybridized carbons (Fsp3) is 0.308. The van der Waals surface area contributed by atoms with E-state index < -0.39 is 5.82 Å². The van der Waals surface area contributed by atoms with Crippen molar-refractivity contribution in [1.82, 2.24) is 9.97 Å². The largest absolute Gasteiger partial charge is 0.342 e. The number of nitrogens with one attached hydrogen (secondary N) is 1. The second-order valence-corrected chi connectivity index (χ2v) is 5.22. The van der Waals surface area contributed by atoms with Crippen LogP contribution in [-0.2, 0) is 0 Å². The van der Waals surface area contributed by atoms with Crippen LogP contribution in [0, 0.1) is 5.82 Å². The number of nitrogens with two attached hydrogens (primary N) is 1. The minimum atomic E-state index is -0.507. The molecule has 0 aliphatic carbocycles. The molecule has 19 heavy (non-hydrogen) atoms. The molecule has 0 amide bonds. The van der Waals surface area contributed by atoms with Gasteiger partial charge in [-0.2, -0.15) is 0 Å². The Kier molecular flexibility index (Phi) is 4.45. The summed E-state index contributed by atoms with van der Waals surface area (Å²) in [6.07, 6.45) is 2.46. The first-order chi connectivity index (χ1) is 9.02. The molecule has 1 heterocycles. The van der Waals surface area contributed by atoms with E-state index in [0.717, 1.165) is 12.2 Å². The zero-order valence-electron chi connectivity index (χ0n) is 10.4. The topological polar surface area (TPSA) is 54.7 Å². The van der Waals surface area contributed by atoms with Crippen molar-refractivity contribution in [3.8, 4) is 11.3 Å². The third-order valence-electron chi connectivity index (χ3n) is 2.96. The van der Waals surface area contributed by atoms with Crippen LogP contribution in [-0.4, -0.2) is 16.5 Å². The summed E-state index contributed by atoms with van der Waals surface area (Å²) in [5.41, 5.74) is 6.73. The normalized spacial score (nSPS) is 12.7. The van der Waals surface area contributed by atoms with Crippen LogP contribution in [0.4, 0.5) is 4.39 Å². The first kappa shape index (κ1) is 14.3. The average molecular weight is 302 g/mol. The molecule has 1 aromatic heterocycles. The van der Waals surface area contributed by atoms with E-state index >= 15 is 0 Å². The minimum absolute atomic E-state index is 0.00462. The summed E-state index contributed by atoms with van der Waals surface area (Å²) in [5.74, 6) is 0.522. The number of nitrogens with zero attached hydrogens (tertiary/aromatic N) is 1. The predicted octanol–water partition coefficient (Wildman–Crippen LogP) is 3.97. The highest BCUT2D eigenvalue weighted by molar-refractivity contribution is 6.36. The third-order valence-corrected chi connectivity index (χ3v) is 3.56. The van der Waals surface area contributed by atoms with Gasteiger partial charge in [-0.1, -0.05) is 30.1 Å². The lowest BCUT2D eigenvalue weighted by Gasteiger charge is -2.06. The molecule has 1 unspecified atom stereocenters. The third kappa shape index (κ3) is 3.08. The Morgan fingerprint density at radius 2 is 2.11 bits per heavy atom. The Bertz CT molecular complexity index is 583. The van der Waals surface area contributed by atoms with Crippen LogP contribution in [0.25, 0.3) is 11.3 Å². The van der Waals surface area contributed by atoms with E-state index in [1.54, 1.807) is 6.20 Å². The lowest BCUT2D eigenvalue weighted by atomic mass is 10.1. The molecule has 6 heteroatoms. The Morgan fingerprint density at radius 1 is 1.37 bits per heavy atom. The molecular weight excluding hydrogens is 288 g/mol. The van der Waals surface area contributed by atoms with Crippen molar-refractivity contribution in [3.63, 3.8) is 0 Å². The number of H-pyrrole nitrogens is 1. The highest BCUT2D eigenvalue weighted by Crippen LogP contribution is 2.32. The fourth-order valence-electron chi connectivity index (χ4n) is 1.84. The molecule has 0 aliphatic heterocycles. The van der Waals surface area contributed by atoms with E-state index in [2.05, 4.69) is 9.97 Å². The lowest BCUT2D eigenvalue weighted by Crippen LogP contribution is -2.05. The first-order valence-electron chi connectivity index (χ1n) is 5.92. The van der Waals surface area contributed by atoms with Crippen LogP contribution in [0.1, 0.15) is 25.1 Å². The average Bonchev–Trinajstić information content (AvgIpc) is 2.83. The second kappa shape index (κ2) is 5.90. The Labute approximate surface area is 120 Å². The summed E-state index contributed by atoms with van der Waals surface area (Å²) in [5, 5.41) is 0.387. The molecular formula is C13H14Cl2FN3. The predicted molar refractivity (Wildman–Crippen MR) is 76.1 cm³/mol. The number of benzene rings is 1. The number of aromatic amines is 1. The molecule has 0 bridgehead atoms. The van der Waals surface area contributed by atoms with E-state index in [1.807, 2.05) is 6.92 Å². The van der Waals surface area contributed by atoms with Gasteiger partial charge in [-0.3, -0.25) is 0 Å². The van der Waals surface area contributed by atoms with Crippen molar-refractivity contribution in [1.29, 1.82) is 0 Å². The zero-order chi connectivity index (χ0) is 14.0. The quantitative estimate of drug-likeness (QED) is 0.839. The maximum atomic E-state index is 13.5. The minimum Gasteiger partial charge on any atom is -0.342 e. The lowest BCUT2D eigenvalue weighted by molar-refractivity contribution is 0.628. The number of halogens is 3. The molecule has 0 saturated carbocycles. The van der Waals surface area contributed by atoms with Crippen LogP contribution in [0.15, 0.2) is 18.3 Å². The van der Waals surface area contributed by atoms with Gasteiger partial charge in [0.15, 0.2) is 0 Å². The van der Waals surface area contributed by atoms with Gasteiger partial charge in [-0.15, -0.1) is 0 Å². The van der Waals surface area contributed by atoms with Crippen molar-refractivity contribution in [2.75, 3.05) is 6.54 Å². The highest BCUT2D eigenvalue weighted by Gasteiger charge is 2.14. The first-order valence-corrected chi connectivity index (χ1v) is 6.68. The summed E-state index contributed by atoms with van der Waals surface area (Å²) in [4.78, 5) is 7.42. The van der Waals surface area contributed by atoms with Crippen molar-refractivity contribution >= 4 is 23.2 Å². The standard InChI is InChI=1S/C13H14Cl2FN3/c1-7(2-3-17)13-18-6-12(19-13)8-4-11(16)10(15)5-9(8)14/h4-7H,2-3,17H2,1H3,(H,18,19). The van der Waals surface area contributed by atoms with Gasteiger partial charge in [0.2, 0.25) is 0 Å². The van der Waals surface area contributed by atoms with Crippen LogP contribution in [0.2, 0.25) is 10.0 Å². The molecule has 0 saturated heterocycles. The van der Waals surface area contributed by atoms with Gasteiger partial charge < -0.3 is 10.7 Å². The summed E-state index contributed by atoms with van der Waals surface area (Å²) in [6.45, 7) is 2.62. The van der Waals surface area contributed by atoms with Gasteiger partial charge in [-0.25, -0.2) is 9.37 Å². The molecule has 0 radical (unpaired) electrons. The summed E-state index contributed by atoms with van der Waals surface area (Å²) < 4.78 is 13.5. The van der Waals surface area contributed by atoms with Crippen molar-refractivity contribution in [2.24, 2.45) is 5.73 Å². The monoisotopic (exact) mass is 301 g/mol. The van der Waals surface area contributed by atoms with E-state index in [4.69, 9.17) is 28.9 Å². The molecule has 2 aromatic rings. The van der Waals surface area contributed by atoms with E-state index in [0.29, 0.717) is 22.8 Å². The van der Waals surface area contributed by atoms with Gasteiger partial charge in [0, 0.05) is 11.5 Å². The Morgan fingerprint density at radius 3 is 2.79 bits per heavy atom. The molecule has 102 valence electrons. The van der Waals surface area contributed by atoms with E-state index in [-0.39, 0.29) is 10.9 Å². The summed E-state index contributed by atoms with van der Waals surface area (Å²) >= 11 is 11.7. The number of hydrogen-bond acceptors (Lipinski definition) is 2. The van der Waals surface area contributed by atoms with Gasteiger partial charge >= 0.3 is 0 Å². The number of rotatable bonds is 4. The molecule has 3 N–H and O–H groups in total. The molecule has 0 spiro atoms. The summed E-state index contributed by atoms with van der Waals surface area (Å²) in [6, 6.07) is 2.69. The van der Waals surface area contributed by atoms with E-state index in [9.17, 15) is 4.39 Å². The molecule has 1 aromatic carbocycles. The van der Waals surface area contributed by atoms with Gasteiger partial charge in [0.05, 0.1) is 21.9 Å². The zero-order valence-corrected chi connectivity index (χ0v) is 11.9. The van der Waals surface area contributed by atoms with Crippen LogP contribution in [0.3, 0.4) is 0 Å². The van der Waals surface area contributed by atoms with Gasteiger partial charge in [-0.05, 0) is 25.1 Å². The smallest absolute Gasteiger partial charge is 0.142 e. The number of aromatic nitrogens is 2. The number of imidazole rings is 1. The van der Waals surface area contributed by atoms with Crippen molar-refractivity contribution in [3.05, 3.63) is 40.0 Å². The maximum absolute atomic E-state index is 13.5. The van der Waals surface area contributed by atoms with Crippen LogP contribution in [0.5, 0.6) is 0 Å². The molecule has 1 atom stereocenters. The summed E-state index contributed by atoms with van der Waals surface area (Å²) in [7, 11) is 0. The van der Waals surface area contributed by atoms with Crippen molar-refractivity contribution < 1.29 is 4.39 Å². The Balaban J connectivity index is 2.35. The molecule has 3 nitrogen and oxygen atoms in total. The second-order valence-electron chi connectivity index (χ2n) is 4.41. The van der Waals surface area contributed by atoms with Gasteiger partial charge in [0.25, 0.3) is 0 Å². The Hall–Kier alpha value is -1.10. The van der Waals surface area contributed by atoms with Gasteiger partial charge in [0.1, 0.15) is 11.6 Å². The maximum Gasteiger partial charge on any atom is 0.142 e. The van der Waals surface area contributed by atoms with Crippen LogP contribution >= 0.6 is 23.2 Å². The SMILES string of the molecule is CC(CCN)c1ncc(-c2cc(F)c(Cl)cc2Cl)[nH]1. The van der Waals surface area contributed by atoms with Crippen LogP contribution < -0.4 is 5.73 Å². The number of hydrogen-bond donors (Lipinski definition) is 2. The molecule has 2 rings (SSSR count). The molecule has 0 fully saturated rings. The highest BCUT2D eigenvalue weighted by atomic mass is 35.5. The van der Waals surface area contributed by atoms with Crippen molar-refractivity contribution in [2.45, 2.75) is 19.3 Å². The molecule has 0 aliphatic rings.